The molecular formula is C17H23NO. The normalized spacial score (nSPS) is 20.9. The van der Waals surface area contributed by atoms with Crippen LogP contribution >= 0.6 is 0 Å². The van der Waals surface area contributed by atoms with E-state index in [-0.39, 0.29) is 0 Å². The summed E-state index contributed by atoms with van der Waals surface area (Å²) in [6.07, 6.45) is 10.3. The molecule has 1 aromatic rings. The highest BCUT2D eigenvalue weighted by atomic mass is 16.5. The fourth-order valence-corrected chi connectivity index (χ4v) is 3.01. The van der Waals surface area contributed by atoms with Crippen molar-refractivity contribution in [3.05, 3.63) is 35.9 Å². The van der Waals surface area contributed by atoms with E-state index in [1.165, 1.54) is 43.2 Å². The minimum Gasteiger partial charge on any atom is -0.490 e. The van der Waals surface area contributed by atoms with Crippen molar-refractivity contribution in [2.24, 2.45) is 0 Å². The lowest BCUT2D eigenvalue weighted by Crippen LogP contribution is -2.20. The quantitative estimate of drug-likeness (QED) is 0.890. The number of benzene rings is 1. The molecule has 0 bridgehead atoms. The molecule has 1 fully saturated rings. The molecule has 1 saturated carbocycles. The van der Waals surface area contributed by atoms with Crippen molar-refractivity contribution in [1.82, 2.24) is 5.32 Å². The van der Waals surface area contributed by atoms with Gasteiger partial charge in [-0.2, -0.15) is 0 Å². The highest BCUT2D eigenvalue weighted by molar-refractivity contribution is 5.67. The second-order valence-corrected chi connectivity index (χ2v) is 5.59. The van der Waals surface area contributed by atoms with E-state index < -0.39 is 0 Å². The number of hydrogen-bond acceptors (Lipinski definition) is 2. The predicted molar refractivity (Wildman–Crippen MR) is 79.4 cm³/mol. The molecule has 102 valence electrons. The Balaban J connectivity index is 1.63. The molecule has 3 rings (SSSR count). The van der Waals surface area contributed by atoms with Crippen molar-refractivity contribution >= 4 is 5.57 Å². The molecule has 2 nitrogen and oxygen atoms in total. The van der Waals surface area contributed by atoms with Gasteiger partial charge in [-0.25, -0.2) is 0 Å². The summed E-state index contributed by atoms with van der Waals surface area (Å²) in [5.74, 6) is 1.03. The van der Waals surface area contributed by atoms with Crippen LogP contribution in [0.4, 0.5) is 0 Å². The maximum atomic E-state index is 6.07. The van der Waals surface area contributed by atoms with E-state index >= 15 is 0 Å². The van der Waals surface area contributed by atoms with Crippen LogP contribution in [0, 0.1) is 0 Å². The molecule has 1 heterocycles. The third kappa shape index (κ3) is 3.38. The molecule has 2 heteroatoms. The van der Waals surface area contributed by atoms with Crippen molar-refractivity contribution in [2.75, 3.05) is 13.1 Å². The van der Waals surface area contributed by atoms with Gasteiger partial charge in [0.1, 0.15) is 5.75 Å². The third-order valence-electron chi connectivity index (χ3n) is 4.14. The van der Waals surface area contributed by atoms with Crippen LogP contribution in [0.15, 0.2) is 30.3 Å². The average Bonchev–Trinajstić information content (AvgIpc) is 2.50. The van der Waals surface area contributed by atoms with Gasteiger partial charge in [0.05, 0.1) is 6.10 Å². The van der Waals surface area contributed by atoms with Gasteiger partial charge in [-0.05, 0) is 61.9 Å². The summed E-state index contributed by atoms with van der Waals surface area (Å²) < 4.78 is 6.07. The largest absolute Gasteiger partial charge is 0.490 e. The van der Waals surface area contributed by atoms with Gasteiger partial charge >= 0.3 is 0 Å². The molecule has 0 radical (unpaired) electrons. The molecule has 0 saturated heterocycles. The van der Waals surface area contributed by atoms with Crippen molar-refractivity contribution in [2.45, 2.75) is 44.6 Å². The van der Waals surface area contributed by atoms with Crippen molar-refractivity contribution in [3.8, 4) is 5.75 Å². The summed E-state index contributed by atoms with van der Waals surface area (Å²) in [4.78, 5) is 0. The zero-order valence-electron chi connectivity index (χ0n) is 11.5. The molecule has 1 N–H and O–H groups in total. The summed E-state index contributed by atoms with van der Waals surface area (Å²) in [5.41, 5.74) is 2.81. The third-order valence-corrected chi connectivity index (χ3v) is 4.14. The van der Waals surface area contributed by atoms with Crippen LogP contribution in [0.1, 0.15) is 44.1 Å². The Kier molecular flexibility index (Phi) is 4.19. The Morgan fingerprint density at radius 3 is 2.47 bits per heavy atom. The lowest BCUT2D eigenvalue weighted by molar-refractivity contribution is 0.155. The molecule has 2 aliphatic rings. The molecule has 0 unspecified atom stereocenters. The number of nitrogens with one attached hydrogen (secondary N) is 1. The van der Waals surface area contributed by atoms with Crippen LogP contribution in [0.25, 0.3) is 5.57 Å². The van der Waals surface area contributed by atoms with Crippen LogP contribution in [0.3, 0.4) is 0 Å². The van der Waals surface area contributed by atoms with E-state index in [1.54, 1.807) is 0 Å². The number of hydrogen-bond donors (Lipinski definition) is 1. The first-order valence-electron chi connectivity index (χ1n) is 7.59. The topological polar surface area (TPSA) is 21.3 Å². The van der Waals surface area contributed by atoms with E-state index in [0.717, 1.165) is 25.3 Å². The molecule has 0 spiro atoms. The lowest BCUT2D eigenvalue weighted by Gasteiger charge is -2.23. The lowest BCUT2D eigenvalue weighted by atomic mass is 9.97. The first-order chi connectivity index (χ1) is 9.42. The standard InChI is InChI=1S/C17H23NO/c1-2-4-16(5-3-1)19-17-8-6-14(7-9-17)15-10-12-18-13-11-15/h6-10,16,18H,1-5,11-13H2. The van der Waals surface area contributed by atoms with Crippen LogP contribution in [0.2, 0.25) is 0 Å². The summed E-state index contributed by atoms with van der Waals surface area (Å²) in [5, 5.41) is 3.35. The average molecular weight is 257 g/mol. The molecule has 1 aliphatic heterocycles. The van der Waals surface area contributed by atoms with Crippen molar-refractivity contribution in [3.63, 3.8) is 0 Å². The van der Waals surface area contributed by atoms with E-state index in [4.69, 9.17) is 4.74 Å². The van der Waals surface area contributed by atoms with Crippen molar-refractivity contribution in [1.29, 1.82) is 0 Å². The SMILES string of the molecule is C1=C(c2ccc(OC3CCCCC3)cc2)CCNC1. The van der Waals surface area contributed by atoms with E-state index in [1.807, 2.05) is 0 Å². The summed E-state index contributed by atoms with van der Waals surface area (Å²) in [6, 6.07) is 8.67. The zero-order valence-corrected chi connectivity index (χ0v) is 11.5. The Bertz CT molecular complexity index is 429. The number of rotatable bonds is 3. The first-order valence-corrected chi connectivity index (χ1v) is 7.59. The molecular weight excluding hydrogens is 234 g/mol. The van der Waals surface area contributed by atoms with Crippen molar-refractivity contribution < 1.29 is 4.74 Å². The second-order valence-electron chi connectivity index (χ2n) is 5.59. The highest BCUT2D eigenvalue weighted by Crippen LogP contribution is 2.26. The van der Waals surface area contributed by atoms with E-state index in [9.17, 15) is 0 Å². The van der Waals surface area contributed by atoms with Gasteiger partial charge in [-0.3, -0.25) is 0 Å². The molecule has 1 aromatic carbocycles. The molecule has 0 amide bonds. The van der Waals surface area contributed by atoms with Gasteiger partial charge in [0.2, 0.25) is 0 Å². The van der Waals surface area contributed by atoms with Crippen LogP contribution in [-0.4, -0.2) is 19.2 Å². The van der Waals surface area contributed by atoms with Gasteiger partial charge in [-0.15, -0.1) is 0 Å². The number of ether oxygens (including phenoxy) is 1. The van der Waals surface area contributed by atoms with E-state index in [2.05, 4.69) is 35.7 Å². The highest BCUT2D eigenvalue weighted by Gasteiger charge is 2.14. The zero-order chi connectivity index (χ0) is 12.9. The smallest absolute Gasteiger partial charge is 0.119 e. The maximum Gasteiger partial charge on any atom is 0.119 e. The van der Waals surface area contributed by atoms with Crippen LogP contribution < -0.4 is 10.1 Å². The first kappa shape index (κ1) is 12.7. The van der Waals surface area contributed by atoms with E-state index in [0.29, 0.717) is 6.10 Å². The molecule has 1 aliphatic carbocycles. The fourth-order valence-electron chi connectivity index (χ4n) is 3.01. The fraction of sp³-hybridized carbons (Fsp3) is 0.529. The minimum atomic E-state index is 0.442. The Morgan fingerprint density at radius 1 is 1.00 bits per heavy atom. The molecule has 0 atom stereocenters. The Morgan fingerprint density at radius 2 is 1.79 bits per heavy atom. The predicted octanol–water partition coefficient (Wildman–Crippen LogP) is 3.77. The Labute approximate surface area is 115 Å². The van der Waals surface area contributed by atoms with Crippen LogP contribution in [0.5, 0.6) is 5.75 Å². The minimum absolute atomic E-state index is 0.442. The molecule has 0 aromatic heterocycles. The summed E-state index contributed by atoms with van der Waals surface area (Å²) >= 11 is 0. The van der Waals surface area contributed by atoms with Gasteiger partial charge in [0.25, 0.3) is 0 Å². The molecule has 19 heavy (non-hydrogen) atoms. The van der Waals surface area contributed by atoms with Gasteiger partial charge in [0.15, 0.2) is 0 Å². The van der Waals surface area contributed by atoms with Gasteiger partial charge in [0, 0.05) is 6.54 Å². The Hall–Kier alpha value is -1.28. The summed E-state index contributed by atoms with van der Waals surface area (Å²) in [6.45, 7) is 2.09. The summed E-state index contributed by atoms with van der Waals surface area (Å²) in [7, 11) is 0. The maximum absolute atomic E-state index is 6.07. The van der Waals surface area contributed by atoms with Crippen LogP contribution in [-0.2, 0) is 0 Å². The monoisotopic (exact) mass is 257 g/mol. The second kappa shape index (κ2) is 6.25. The van der Waals surface area contributed by atoms with Gasteiger partial charge in [-0.1, -0.05) is 24.6 Å². The van der Waals surface area contributed by atoms with Gasteiger partial charge < -0.3 is 10.1 Å².